The Hall–Kier alpha value is -3.61. The van der Waals surface area contributed by atoms with E-state index < -0.39 is 0 Å². The molecule has 0 atom stereocenters. The molecule has 0 aliphatic heterocycles. The van der Waals surface area contributed by atoms with Gasteiger partial charge in [-0.05, 0) is 56.2 Å². The number of aryl methyl sites for hydroxylation is 3. The highest BCUT2D eigenvalue weighted by Gasteiger charge is 2.13. The van der Waals surface area contributed by atoms with Crippen LogP contribution in [-0.4, -0.2) is 28.8 Å². The van der Waals surface area contributed by atoms with Gasteiger partial charge in [0.25, 0.3) is 5.91 Å². The normalized spacial score (nSPS) is 11.3. The van der Waals surface area contributed by atoms with Crippen molar-refractivity contribution >= 4 is 17.6 Å². The van der Waals surface area contributed by atoms with Crippen LogP contribution in [0, 0.1) is 13.8 Å². The van der Waals surface area contributed by atoms with Crippen molar-refractivity contribution in [2.45, 2.75) is 33.7 Å². The zero-order valence-electron chi connectivity index (χ0n) is 18.7. The van der Waals surface area contributed by atoms with Gasteiger partial charge in [0.1, 0.15) is 5.75 Å². The van der Waals surface area contributed by atoms with Crippen LogP contribution in [0.15, 0.2) is 53.5 Å². The standard InChI is InChI=1S/C24H29N5O2/c1-6-18-9-7-8-10-22(18)26-24(25-15-21-16(2)28-29(4)17(21)3)27-23(30)19-11-13-20(31-5)14-12-19/h7-14H,6,15H2,1-5H3,(H2,25,26,27,30). The summed E-state index contributed by atoms with van der Waals surface area (Å²) < 4.78 is 7.01. The van der Waals surface area contributed by atoms with Crippen molar-refractivity contribution in [1.29, 1.82) is 0 Å². The van der Waals surface area contributed by atoms with Crippen LogP contribution in [-0.2, 0) is 20.0 Å². The maximum Gasteiger partial charge on any atom is 0.257 e. The lowest BCUT2D eigenvalue weighted by Gasteiger charge is -2.15. The van der Waals surface area contributed by atoms with E-state index in [2.05, 4.69) is 28.7 Å². The summed E-state index contributed by atoms with van der Waals surface area (Å²) in [4.78, 5) is 17.6. The van der Waals surface area contributed by atoms with Crippen molar-refractivity contribution in [2.24, 2.45) is 12.0 Å². The van der Waals surface area contributed by atoms with E-state index in [9.17, 15) is 4.79 Å². The van der Waals surface area contributed by atoms with Gasteiger partial charge in [-0.1, -0.05) is 25.1 Å². The molecule has 162 valence electrons. The van der Waals surface area contributed by atoms with Gasteiger partial charge in [-0.3, -0.25) is 14.8 Å². The Morgan fingerprint density at radius 3 is 2.45 bits per heavy atom. The third-order valence-corrected chi connectivity index (χ3v) is 5.29. The van der Waals surface area contributed by atoms with Crippen molar-refractivity contribution in [1.82, 2.24) is 15.1 Å². The van der Waals surface area contributed by atoms with Gasteiger partial charge in [-0.15, -0.1) is 0 Å². The first-order valence-corrected chi connectivity index (χ1v) is 10.3. The Bertz CT molecular complexity index is 1080. The molecule has 0 spiro atoms. The molecule has 7 nitrogen and oxygen atoms in total. The molecule has 0 saturated carbocycles. The van der Waals surface area contributed by atoms with Gasteiger partial charge in [0.2, 0.25) is 5.96 Å². The molecule has 31 heavy (non-hydrogen) atoms. The van der Waals surface area contributed by atoms with E-state index in [0.717, 1.165) is 34.6 Å². The van der Waals surface area contributed by atoms with E-state index in [1.165, 1.54) is 0 Å². The maximum atomic E-state index is 12.9. The first-order chi connectivity index (χ1) is 14.9. The minimum atomic E-state index is -0.248. The van der Waals surface area contributed by atoms with Crippen molar-refractivity contribution < 1.29 is 9.53 Å². The number of amides is 1. The average Bonchev–Trinajstić information content (AvgIpc) is 3.03. The van der Waals surface area contributed by atoms with E-state index in [4.69, 9.17) is 9.73 Å². The van der Waals surface area contributed by atoms with Crippen LogP contribution in [0.2, 0.25) is 0 Å². The van der Waals surface area contributed by atoms with Crippen molar-refractivity contribution in [3.8, 4) is 5.75 Å². The van der Waals surface area contributed by atoms with Crippen LogP contribution in [0.5, 0.6) is 5.75 Å². The topological polar surface area (TPSA) is 80.5 Å². The van der Waals surface area contributed by atoms with Crippen LogP contribution in [0.4, 0.5) is 5.69 Å². The maximum absolute atomic E-state index is 12.9. The fourth-order valence-electron chi connectivity index (χ4n) is 3.31. The van der Waals surface area contributed by atoms with E-state index in [1.807, 2.05) is 43.8 Å². The van der Waals surface area contributed by atoms with Gasteiger partial charge in [0, 0.05) is 29.6 Å². The highest BCUT2D eigenvalue weighted by Crippen LogP contribution is 2.17. The molecule has 0 radical (unpaired) electrons. The van der Waals surface area contributed by atoms with Crippen LogP contribution >= 0.6 is 0 Å². The van der Waals surface area contributed by atoms with Gasteiger partial charge in [0.15, 0.2) is 0 Å². The average molecular weight is 420 g/mol. The lowest BCUT2D eigenvalue weighted by atomic mass is 10.1. The molecule has 0 aliphatic carbocycles. The summed E-state index contributed by atoms with van der Waals surface area (Å²) in [6.07, 6.45) is 0.865. The predicted molar refractivity (Wildman–Crippen MR) is 124 cm³/mol. The second-order valence-corrected chi connectivity index (χ2v) is 7.26. The molecule has 0 unspecified atom stereocenters. The number of aromatic nitrogens is 2. The van der Waals surface area contributed by atoms with Gasteiger partial charge in [0.05, 0.1) is 19.3 Å². The predicted octanol–water partition coefficient (Wildman–Crippen LogP) is 4.01. The molecule has 1 aromatic heterocycles. The van der Waals surface area contributed by atoms with Gasteiger partial charge >= 0.3 is 0 Å². The first-order valence-electron chi connectivity index (χ1n) is 10.3. The highest BCUT2D eigenvalue weighted by molar-refractivity contribution is 6.10. The number of ether oxygens (including phenoxy) is 1. The number of carbonyl (C=O) groups is 1. The molecular weight excluding hydrogens is 390 g/mol. The largest absolute Gasteiger partial charge is 0.497 e. The summed E-state index contributed by atoms with van der Waals surface area (Å²) in [5.74, 6) is 0.842. The SMILES string of the molecule is CCc1ccccc1NC(=NCc1c(C)nn(C)c1C)NC(=O)c1ccc(OC)cc1. The Kier molecular flexibility index (Phi) is 7.07. The monoisotopic (exact) mass is 419 g/mol. The minimum Gasteiger partial charge on any atom is -0.497 e. The van der Waals surface area contributed by atoms with E-state index >= 15 is 0 Å². The number of nitrogens with zero attached hydrogens (tertiary/aromatic N) is 3. The summed E-state index contributed by atoms with van der Waals surface area (Å²) in [6, 6.07) is 15.0. The zero-order chi connectivity index (χ0) is 22.4. The second kappa shape index (κ2) is 9.93. The third-order valence-electron chi connectivity index (χ3n) is 5.29. The number of methoxy groups -OCH3 is 1. The van der Waals surface area contributed by atoms with Crippen molar-refractivity contribution in [3.05, 3.63) is 76.6 Å². The van der Waals surface area contributed by atoms with Crippen molar-refractivity contribution in [3.63, 3.8) is 0 Å². The molecule has 3 rings (SSSR count). The molecule has 0 fully saturated rings. The van der Waals surface area contributed by atoms with E-state index in [-0.39, 0.29) is 5.91 Å². The number of anilines is 1. The molecule has 0 bridgehead atoms. The summed E-state index contributed by atoms with van der Waals surface area (Å²) >= 11 is 0. The Morgan fingerprint density at radius 1 is 1.13 bits per heavy atom. The smallest absolute Gasteiger partial charge is 0.257 e. The molecular formula is C24H29N5O2. The quantitative estimate of drug-likeness (QED) is 0.467. The van der Waals surface area contributed by atoms with E-state index in [0.29, 0.717) is 23.8 Å². The second-order valence-electron chi connectivity index (χ2n) is 7.26. The highest BCUT2D eigenvalue weighted by atomic mass is 16.5. The molecule has 2 aromatic carbocycles. The lowest BCUT2D eigenvalue weighted by Crippen LogP contribution is -2.36. The number of benzene rings is 2. The van der Waals surface area contributed by atoms with Gasteiger partial charge < -0.3 is 10.1 Å². The van der Waals surface area contributed by atoms with Crippen LogP contribution < -0.4 is 15.4 Å². The minimum absolute atomic E-state index is 0.248. The molecule has 0 aliphatic rings. The van der Waals surface area contributed by atoms with Crippen LogP contribution in [0.1, 0.15) is 39.8 Å². The Balaban J connectivity index is 1.88. The lowest BCUT2D eigenvalue weighted by molar-refractivity contribution is 0.0977. The molecule has 1 amide bonds. The van der Waals surface area contributed by atoms with E-state index in [1.54, 1.807) is 31.4 Å². The number of para-hydroxylation sites is 1. The Morgan fingerprint density at radius 2 is 1.84 bits per heavy atom. The number of hydrogen-bond donors (Lipinski definition) is 2. The van der Waals surface area contributed by atoms with Gasteiger partial charge in [-0.2, -0.15) is 5.10 Å². The summed E-state index contributed by atoms with van der Waals surface area (Å²) in [5.41, 5.74) is 5.60. The molecule has 2 N–H and O–H groups in total. The molecule has 3 aromatic rings. The zero-order valence-corrected chi connectivity index (χ0v) is 18.7. The van der Waals surface area contributed by atoms with Crippen LogP contribution in [0.3, 0.4) is 0 Å². The molecule has 1 heterocycles. The molecule has 0 saturated heterocycles. The first kappa shape index (κ1) is 22.1. The number of aliphatic imine (C=N–C) groups is 1. The third kappa shape index (κ3) is 5.31. The van der Waals surface area contributed by atoms with Gasteiger partial charge in [-0.25, -0.2) is 4.99 Å². The summed E-state index contributed by atoms with van der Waals surface area (Å²) in [6.45, 7) is 6.48. The summed E-state index contributed by atoms with van der Waals surface area (Å²) in [5, 5.41) is 10.7. The Labute approximate surface area is 183 Å². The van der Waals surface area contributed by atoms with Crippen LogP contribution in [0.25, 0.3) is 0 Å². The fraction of sp³-hybridized carbons (Fsp3) is 0.292. The molecule has 7 heteroatoms. The summed E-state index contributed by atoms with van der Waals surface area (Å²) in [7, 11) is 3.51. The number of carbonyl (C=O) groups excluding carboxylic acids is 1. The van der Waals surface area contributed by atoms with Crippen molar-refractivity contribution in [2.75, 3.05) is 12.4 Å². The number of hydrogen-bond acceptors (Lipinski definition) is 4. The number of nitrogens with one attached hydrogen (secondary N) is 2. The number of guanidine groups is 1. The number of rotatable bonds is 6. The fourth-order valence-corrected chi connectivity index (χ4v) is 3.31.